The fourth-order valence-electron chi connectivity index (χ4n) is 1.92. The summed E-state index contributed by atoms with van der Waals surface area (Å²) in [5.74, 6) is 1.04. The molecule has 2 aromatic rings. The highest BCUT2D eigenvalue weighted by Crippen LogP contribution is 2.11. The van der Waals surface area contributed by atoms with Crippen molar-refractivity contribution < 1.29 is 0 Å². The van der Waals surface area contributed by atoms with E-state index < -0.39 is 0 Å². The Kier molecular flexibility index (Phi) is 5.71. The zero-order valence-electron chi connectivity index (χ0n) is 12.0. The third-order valence-electron chi connectivity index (χ3n) is 3.01. The molecule has 0 fully saturated rings. The summed E-state index contributed by atoms with van der Waals surface area (Å²) in [5, 5.41) is 6.90. The van der Waals surface area contributed by atoms with Crippen molar-refractivity contribution in [2.75, 3.05) is 11.9 Å². The van der Waals surface area contributed by atoms with E-state index in [9.17, 15) is 0 Å². The van der Waals surface area contributed by atoms with E-state index in [1.807, 2.05) is 24.3 Å². The summed E-state index contributed by atoms with van der Waals surface area (Å²) >= 11 is 0. The molecule has 0 unspecified atom stereocenters. The summed E-state index contributed by atoms with van der Waals surface area (Å²) in [7, 11) is 0. The Hall–Kier alpha value is -2.22. The first kappa shape index (κ1) is 14.2. The van der Waals surface area contributed by atoms with Gasteiger partial charge in [0.15, 0.2) is 0 Å². The Bertz CT molecular complexity index is 518. The SMILES string of the molecule is CCCCN/C(=C\c1ccccc1)Nc1ccccc1. The lowest BCUT2D eigenvalue weighted by Crippen LogP contribution is -2.20. The van der Waals surface area contributed by atoms with E-state index in [1.54, 1.807) is 0 Å². The lowest BCUT2D eigenvalue weighted by Gasteiger charge is -2.13. The number of unbranched alkanes of at least 4 members (excludes halogenated alkanes) is 1. The molecule has 2 nitrogen and oxygen atoms in total. The van der Waals surface area contributed by atoms with Crippen LogP contribution in [-0.4, -0.2) is 6.54 Å². The van der Waals surface area contributed by atoms with Crippen LogP contribution in [-0.2, 0) is 0 Å². The Morgan fingerprint density at radius 1 is 0.950 bits per heavy atom. The maximum absolute atomic E-state index is 3.47. The molecule has 0 heterocycles. The van der Waals surface area contributed by atoms with E-state index in [1.165, 1.54) is 18.4 Å². The predicted molar refractivity (Wildman–Crippen MR) is 87.4 cm³/mol. The molecule has 20 heavy (non-hydrogen) atoms. The second kappa shape index (κ2) is 8.05. The first-order valence-corrected chi connectivity index (χ1v) is 7.21. The first-order valence-electron chi connectivity index (χ1n) is 7.21. The van der Waals surface area contributed by atoms with Crippen LogP contribution in [0.5, 0.6) is 0 Å². The lowest BCUT2D eigenvalue weighted by atomic mass is 10.2. The highest BCUT2D eigenvalue weighted by atomic mass is 15.1. The quantitative estimate of drug-likeness (QED) is 0.722. The highest BCUT2D eigenvalue weighted by Gasteiger charge is 1.98. The van der Waals surface area contributed by atoms with Gasteiger partial charge in [-0.1, -0.05) is 61.9 Å². The van der Waals surface area contributed by atoms with E-state index in [2.05, 4.69) is 60.0 Å². The van der Waals surface area contributed by atoms with Crippen molar-refractivity contribution in [3.63, 3.8) is 0 Å². The molecule has 0 amide bonds. The molecule has 2 N–H and O–H groups in total. The van der Waals surface area contributed by atoms with Gasteiger partial charge in [0, 0.05) is 12.2 Å². The Labute approximate surface area is 121 Å². The minimum Gasteiger partial charge on any atom is -0.372 e. The van der Waals surface area contributed by atoms with Crippen LogP contribution in [0.3, 0.4) is 0 Å². The zero-order valence-corrected chi connectivity index (χ0v) is 12.0. The Morgan fingerprint density at radius 3 is 2.25 bits per heavy atom. The van der Waals surface area contributed by atoms with Crippen LogP contribution in [0.2, 0.25) is 0 Å². The van der Waals surface area contributed by atoms with Crippen LogP contribution in [0, 0.1) is 0 Å². The molecule has 0 saturated carbocycles. The molecule has 104 valence electrons. The van der Waals surface area contributed by atoms with E-state index >= 15 is 0 Å². The average molecular weight is 266 g/mol. The van der Waals surface area contributed by atoms with Gasteiger partial charge < -0.3 is 10.6 Å². The molecule has 0 saturated heterocycles. The van der Waals surface area contributed by atoms with Gasteiger partial charge in [0.25, 0.3) is 0 Å². The first-order chi connectivity index (χ1) is 9.88. The monoisotopic (exact) mass is 266 g/mol. The van der Waals surface area contributed by atoms with Crippen molar-refractivity contribution in [2.24, 2.45) is 0 Å². The van der Waals surface area contributed by atoms with Crippen molar-refractivity contribution in [3.05, 3.63) is 72.0 Å². The number of nitrogens with one attached hydrogen (secondary N) is 2. The Balaban J connectivity index is 2.10. The molecule has 0 atom stereocenters. The van der Waals surface area contributed by atoms with Gasteiger partial charge in [-0.2, -0.15) is 0 Å². The van der Waals surface area contributed by atoms with Gasteiger partial charge in [-0.25, -0.2) is 0 Å². The van der Waals surface area contributed by atoms with Crippen molar-refractivity contribution in [1.29, 1.82) is 0 Å². The van der Waals surface area contributed by atoms with Gasteiger partial charge in [-0.15, -0.1) is 0 Å². The number of rotatable bonds is 7. The smallest absolute Gasteiger partial charge is 0.104 e. The fraction of sp³-hybridized carbons (Fsp3) is 0.222. The van der Waals surface area contributed by atoms with Crippen LogP contribution in [0.15, 0.2) is 66.5 Å². The van der Waals surface area contributed by atoms with Crippen LogP contribution in [0.4, 0.5) is 5.69 Å². The zero-order chi connectivity index (χ0) is 14.0. The molecular formula is C18H22N2. The molecular weight excluding hydrogens is 244 g/mol. The summed E-state index contributed by atoms with van der Waals surface area (Å²) in [6.45, 7) is 3.18. The summed E-state index contributed by atoms with van der Waals surface area (Å²) in [5.41, 5.74) is 2.29. The third-order valence-corrected chi connectivity index (χ3v) is 3.01. The molecule has 0 aliphatic rings. The number of benzene rings is 2. The van der Waals surface area contributed by atoms with Crippen molar-refractivity contribution in [2.45, 2.75) is 19.8 Å². The largest absolute Gasteiger partial charge is 0.372 e. The summed E-state index contributed by atoms with van der Waals surface area (Å²) in [4.78, 5) is 0. The summed E-state index contributed by atoms with van der Waals surface area (Å²) in [6.07, 6.45) is 4.50. The number of hydrogen-bond acceptors (Lipinski definition) is 2. The third kappa shape index (κ3) is 4.81. The highest BCUT2D eigenvalue weighted by molar-refractivity contribution is 5.59. The lowest BCUT2D eigenvalue weighted by molar-refractivity contribution is 0.715. The number of hydrogen-bond donors (Lipinski definition) is 2. The maximum Gasteiger partial charge on any atom is 0.104 e. The molecule has 0 aromatic heterocycles. The van der Waals surface area contributed by atoms with Gasteiger partial charge in [-0.3, -0.25) is 0 Å². The molecule has 0 aliphatic carbocycles. The van der Waals surface area contributed by atoms with Crippen molar-refractivity contribution >= 4 is 11.8 Å². The van der Waals surface area contributed by atoms with E-state index in [0.717, 1.165) is 18.1 Å². The van der Waals surface area contributed by atoms with Crippen LogP contribution >= 0.6 is 0 Å². The summed E-state index contributed by atoms with van der Waals surface area (Å²) < 4.78 is 0. The molecule has 0 bridgehead atoms. The van der Waals surface area contributed by atoms with Gasteiger partial charge >= 0.3 is 0 Å². The molecule has 0 spiro atoms. The molecule has 2 rings (SSSR count). The molecule has 0 aliphatic heterocycles. The van der Waals surface area contributed by atoms with Crippen molar-refractivity contribution in [1.82, 2.24) is 5.32 Å². The van der Waals surface area contributed by atoms with Crippen LogP contribution < -0.4 is 10.6 Å². The van der Waals surface area contributed by atoms with Crippen LogP contribution in [0.1, 0.15) is 25.3 Å². The average Bonchev–Trinajstić information content (AvgIpc) is 2.49. The summed E-state index contributed by atoms with van der Waals surface area (Å²) in [6, 6.07) is 20.6. The van der Waals surface area contributed by atoms with E-state index in [0.29, 0.717) is 0 Å². The minimum absolute atomic E-state index is 0.981. The normalized spacial score (nSPS) is 11.2. The number of anilines is 1. The van der Waals surface area contributed by atoms with E-state index in [-0.39, 0.29) is 0 Å². The predicted octanol–water partition coefficient (Wildman–Crippen LogP) is 4.49. The number of para-hydroxylation sites is 1. The molecule has 2 heteroatoms. The second-order valence-electron chi connectivity index (χ2n) is 4.74. The topological polar surface area (TPSA) is 24.1 Å². The van der Waals surface area contributed by atoms with Gasteiger partial charge in [0.2, 0.25) is 0 Å². The Morgan fingerprint density at radius 2 is 1.60 bits per heavy atom. The fourth-order valence-corrected chi connectivity index (χ4v) is 1.92. The molecule has 2 aromatic carbocycles. The van der Waals surface area contributed by atoms with E-state index in [4.69, 9.17) is 0 Å². The maximum atomic E-state index is 3.47. The molecule has 0 radical (unpaired) electrons. The van der Waals surface area contributed by atoms with Gasteiger partial charge in [-0.05, 0) is 30.2 Å². The van der Waals surface area contributed by atoms with Crippen LogP contribution in [0.25, 0.3) is 6.08 Å². The van der Waals surface area contributed by atoms with Crippen molar-refractivity contribution in [3.8, 4) is 0 Å². The van der Waals surface area contributed by atoms with Gasteiger partial charge in [0.05, 0.1) is 0 Å². The second-order valence-corrected chi connectivity index (χ2v) is 4.74. The van der Waals surface area contributed by atoms with Gasteiger partial charge in [0.1, 0.15) is 5.82 Å². The standard InChI is InChI=1S/C18H22N2/c1-2-3-14-19-18(15-16-10-6-4-7-11-16)20-17-12-8-5-9-13-17/h4-13,15,19-20H,2-3,14H2,1H3/b18-15+. The minimum atomic E-state index is 0.981.